The highest BCUT2D eigenvalue weighted by atomic mass is 16.7. The standard InChI is InChI=1S/C19H34BN3O5/c1-12-14(20-27-18(6,7)19(8,9)28-20)15(21-23(12)11)25-13(2)22(10)16(24)26-17(3,4)5/h13H,1-11H3. The van der Waals surface area contributed by atoms with Crippen LogP contribution in [0.1, 0.15) is 61.1 Å². The number of aryl methyl sites for hydroxylation is 1. The van der Waals surface area contributed by atoms with E-state index >= 15 is 0 Å². The van der Waals surface area contributed by atoms with Crippen molar-refractivity contribution in [3.05, 3.63) is 5.69 Å². The average Bonchev–Trinajstić information content (AvgIpc) is 2.88. The van der Waals surface area contributed by atoms with Crippen LogP contribution in [0, 0.1) is 6.92 Å². The van der Waals surface area contributed by atoms with E-state index in [4.69, 9.17) is 18.8 Å². The highest BCUT2D eigenvalue weighted by Crippen LogP contribution is 2.37. The first-order valence-electron chi connectivity index (χ1n) is 9.57. The summed E-state index contributed by atoms with van der Waals surface area (Å²) in [5.41, 5.74) is 0.0680. The molecule has 158 valence electrons. The number of nitrogens with zero attached hydrogens (tertiary/aromatic N) is 3. The topological polar surface area (TPSA) is 75.1 Å². The number of ether oxygens (including phenoxy) is 2. The smallest absolute Gasteiger partial charge is 0.453 e. The molecule has 0 spiro atoms. The second-order valence-corrected chi connectivity index (χ2v) is 9.32. The molecule has 1 atom stereocenters. The lowest BCUT2D eigenvalue weighted by Crippen LogP contribution is -2.43. The summed E-state index contributed by atoms with van der Waals surface area (Å²) >= 11 is 0. The molecule has 28 heavy (non-hydrogen) atoms. The number of aromatic nitrogens is 2. The predicted molar refractivity (Wildman–Crippen MR) is 108 cm³/mol. The third-order valence-electron chi connectivity index (χ3n) is 5.34. The van der Waals surface area contributed by atoms with Crippen LogP contribution < -0.4 is 10.2 Å². The fourth-order valence-electron chi connectivity index (χ4n) is 2.64. The van der Waals surface area contributed by atoms with Crippen LogP contribution in [0.3, 0.4) is 0 Å². The van der Waals surface area contributed by atoms with Crippen molar-refractivity contribution in [1.82, 2.24) is 14.7 Å². The van der Waals surface area contributed by atoms with Gasteiger partial charge in [0, 0.05) is 19.8 Å². The van der Waals surface area contributed by atoms with Crippen LogP contribution in [-0.2, 0) is 21.1 Å². The molecule has 1 aliphatic heterocycles. The average molecular weight is 395 g/mol. The lowest BCUT2D eigenvalue weighted by atomic mass is 9.79. The Balaban J connectivity index is 2.24. The Bertz CT molecular complexity index is 723. The Morgan fingerprint density at radius 1 is 1.21 bits per heavy atom. The van der Waals surface area contributed by atoms with E-state index in [9.17, 15) is 4.79 Å². The first-order chi connectivity index (χ1) is 12.6. The van der Waals surface area contributed by atoms with Crippen molar-refractivity contribution in [2.24, 2.45) is 7.05 Å². The van der Waals surface area contributed by atoms with Gasteiger partial charge in [0.25, 0.3) is 0 Å². The molecule has 1 aromatic rings. The molecule has 1 amide bonds. The van der Waals surface area contributed by atoms with Crippen molar-refractivity contribution >= 4 is 18.7 Å². The number of hydrogen-bond donors (Lipinski definition) is 0. The summed E-state index contributed by atoms with van der Waals surface area (Å²) in [4.78, 5) is 13.7. The Morgan fingerprint density at radius 3 is 2.18 bits per heavy atom. The second-order valence-electron chi connectivity index (χ2n) is 9.32. The van der Waals surface area contributed by atoms with Gasteiger partial charge in [-0.1, -0.05) is 0 Å². The molecule has 2 rings (SSSR count). The lowest BCUT2D eigenvalue weighted by molar-refractivity contribution is -0.00597. The maximum Gasteiger partial charge on any atom is 0.502 e. The predicted octanol–water partition coefficient (Wildman–Crippen LogP) is 2.62. The SMILES string of the molecule is Cc1c(B2OC(C)(C)C(C)(C)O2)c(OC(C)N(C)C(=O)OC(C)(C)C)nn1C. The van der Waals surface area contributed by atoms with E-state index in [0.717, 1.165) is 11.2 Å². The molecule has 1 saturated heterocycles. The summed E-state index contributed by atoms with van der Waals surface area (Å²) in [5, 5.41) is 4.46. The van der Waals surface area contributed by atoms with Crippen LogP contribution in [0.5, 0.6) is 5.88 Å². The Labute approximate surface area is 168 Å². The van der Waals surface area contributed by atoms with Gasteiger partial charge in [-0.05, 0) is 62.3 Å². The van der Waals surface area contributed by atoms with Gasteiger partial charge < -0.3 is 18.8 Å². The fourth-order valence-corrected chi connectivity index (χ4v) is 2.64. The molecule has 0 aliphatic carbocycles. The first kappa shape index (κ1) is 22.6. The molecule has 0 bridgehead atoms. The van der Waals surface area contributed by atoms with Gasteiger partial charge >= 0.3 is 13.2 Å². The highest BCUT2D eigenvalue weighted by molar-refractivity contribution is 6.63. The summed E-state index contributed by atoms with van der Waals surface area (Å²) in [6.45, 7) is 17.2. The van der Waals surface area contributed by atoms with Crippen molar-refractivity contribution in [3.63, 3.8) is 0 Å². The van der Waals surface area contributed by atoms with Crippen LogP contribution in [0.15, 0.2) is 0 Å². The molecule has 8 nitrogen and oxygen atoms in total. The van der Waals surface area contributed by atoms with Crippen LogP contribution in [0.25, 0.3) is 0 Å². The highest BCUT2D eigenvalue weighted by Gasteiger charge is 2.53. The molecule has 1 unspecified atom stereocenters. The monoisotopic (exact) mass is 395 g/mol. The van der Waals surface area contributed by atoms with Crippen molar-refractivity contribution in [2.75, 3.05) is 7.05 Å². The van der Waals surface area contributed by atoms with Gasteiger partial charge in [0.2, 0.25) is 5.88 Å². The zero-order valence-electron chi connectivity index (χ0n) is 19.0. The van der Waals surface area contributed by atoms with Crippen LogP contribution >= 0.6 is 0 Å². The molecule has 9 heteroatoms. The minimum Gasteiger partial charge on any atom is -0.453 e. The van der Waals surface area contributed by atoms with E-state index in [0.29, 0.717) is 5.88 Å². The van der Waals surface area contributed by atoms with E-state index in [2.05, 4.69) is 5.10 Å². The van der Waals surface area contributed by atoms with Gasteiger partial charge in [0.05, 0.1) is 16.7 Å². The molecule has 0 radical (unpaired) electrons. The zero-order chi connectivity index (χ0) is 21.7. The summed E-state index contributed by atoms with van der Waals surface area (Å²) in [5.74, 6) is 0.376. The van der Waals surface area contributed by atoms with E-state index in [-0.39, 0.29) is 0 Å². The third kappa shape index (κ3) is 4.46. The number of carbonyl (C=O) groups excluding carboxylic acids is 1. The Kier molecular flexibility index (Phi) is 5.85. The number of hydrogen-bond acceptors (Lipinski definition) is 6. The molecule has 0 aromatic carbocycles. The van der Waals surface area contributed by atoms with E-state index in [1.807, 2.05) is 62.4 Å². The van der Waals surface area contributed by atoms with Crippen LogP contribution in [-0.4, -0.2) is 58.0 Å². The van der Waals surface area contributed by atoms with Crippen LogP contribution in [0.4, 0.5) is 4.79 Å². The maximum atomic E-state index is 12.3. The number of carbonyl (C=O) groups is 1. The normalized spacial score (nSPS) is 19.5. The van der Waals surface area contributed by atoms with Crippen molar-refractivity contribution in [2.45, 2.75) is 85.3 Å². The van der Waals surface area contributed by atoms with Crippen molar-refractivity contribution in [3.8, 4) is 5.88 Å². The van der Waals surface area contributed by atoms with Crippen molar-refractivity contribution < 1.29 is 23.6 Å². The Morgan fingerprint density at radius 2 is 1.71 bits per heavy atom. The molecule has 1 aromatic heterocycles. The molecule has 0 saturated carbocycles. The quantitative estimate of drug-likeness (QED) is 0.576. The fraction of sp³-hybridized carbons (Fsp3) is 0.789. The molecule has 1 aliphatic rings. The summed E-state index contributed by atoms with van der Waals surface area (Å²) in [6.07, 6.45) is -1.06. The minimum atomic E-state index is -0.604. The van der Waals surface area contributed by atoms with Gasteiger partial charge in [-0.3, -0.25) is 9.58 Å². The summed E-state index contributed by atoms with van der Waals surface area (Å²) in [7, 11) is 2.86. The molecule has 2 heterocycles. The van der Waals surface area contributed by atoms with Gasteiger partial charge in [-0.2, -0.15) is 0 Å². The van der Waals surface area contributed by atoms with E-state index in [1.165, 1.54) is 4.90 Å². The van der Waals surface area contributed by atoms with Gasteiger partial charge in [-0.25, -0.2) is 4.79 Å². The zero-order valence-corrected chi connectivity index (χ0v) is 19.0. The van der Waals surface area contributed by atoms with Crippen molar-refractivity contribution in [1.29, 1.82) is 0 Å². The first-order valence-corrected chi connectivity index (χ1v) is 9.57. The van der Waals surface area contributed by atoms with Crippen LogP contribution in [0.2, 0.25) is 0 Å². The van der Waals surface area contributed by atoms with Gasteiger partial charge in [-0.15, -0.1) is 5.10 Å². The molecule has 0 N–H and O–H groups in total. The van der Waals surface area contributed by atoms with Gasteiger partial charge in [0.1, 0.15) is 5.60 Å². The lowest BCUT2D eigenvalue weighted by Gasteiger charge is -2.32. The maximum absolute atomic E-state index is 12.3. The third-order valence-corrected chi connectivity index (χ3v) is 5.34. The Hall–Kier alpha value is -1.74. The molecule has 1 fully saturated rings. The summed E-state index contributed by atoms with van der Waals surface area (Å²) < 4.78 is 25.5. The molecular weight excluding hydrogens is 361 g/mol. The minimum absolute atomic E-state index is 0.376. The second kappa shape index (κ2) is 7.26. The largest absolute Gasteiger partial charge is 0.502 e. The number of amides is 1. The number of rotatable bonds is 4. The van der Waals surface area contributed by atoms with E-state index < -0.39 is 36.2 Å². The summed E-state index contributed by atoms with van der Waals surface area (Å²) in [6, 6.07) is 0. The van der Waals surface area contributed by atoms with E-state index in [1.54, 1.807) is 18.7 Å². The van der Waals surface area contributed by atoms with Gasteiger partial charge in [0.15, 0.2) is 6.23 Å². The molecular formula is C19H34BN3O5.